The van der Waals surface area contributed by atoms with E-state index >= 15 is 0 Å². The van der Waals surface area contributed by atoms with E-state index in [2.05, 4.69) is 49.9 Å². The van der Waals surface area contributed by atoms with Gasteiger partial charge in [0, 0.05) is 256 Å². The number of nitrogens with zero attached hydrogens (tertiary/aromatic N) is 10. The van der Waals surface area contributed by atoms with Crippen LogP contribution in [0.2, 0.25) is 0 Å². The Bertz CT molecular complexity index is 5950. The third-order valence-corrected chi connectivity index (χ3v) is 20.1. The van der Waals surface area contributed by atoms with E-state index < -0.39 is 11.9 Å². The van der Waals surface area contributed by atoms with E-state index in [1.54, 1.807) is 73.4 Å². The molecule has 0 heterocycles. The second kappa shape index (κ2) is 69.5. The summed E-state index contributed by atoms with van der Waals surface area (Å²) in [6.45, 7) is 4.61. The first kappa shape index (κ1) is 140. The Balaban J connectivity index is -0.000000556. The molecule has 0 amide bonds. The van der Waals surface area contributed by atoms with Gasteiger partial charge in [-0.1, -0.05) is 52.7 Å². The minimum atomic E-state index is -1.14. The van der Waals surface area contributed by atoms with Crippen LogP contribution in [0.3, 0.4) is 0 Å². The van der Waals surface area contributed by atoms with Crippen molar-refractivity contribution >= 4 is 109 Å². The molecule has 0 aromatic heterocycles. The summed E-state index contributed by atoms with van der Waals surface area (Å²) in [5.41, 5.74) is 8.02. The molecule has 2 fully saturated rings. The molecule has 2 saturated carbocycles. The number of phenols is 18. The molecular formula is C102H117ClCo3N10O28Zn2. The van der Waals surface area contributed by atoms with Crippen molar-refractivity contribution in [1.29, 1.82) is 0 Å². The summed E-state index contributed by atoms with van der Waals surface area (Å²) in [5.74, 6) is -2.81. The Hall–Kier alpha value is -14.5. The maximum atomic E-state index is 11.3. The first-order chi connectivity index (χ1) is 63.3. The molecule has 4 unspecified atom stereocenters. The van der Waals surface area contributed by atoms with Gasteiger partial charge >= 0.3 is 11.9 Å². The molecular weight excluding hydrogens is 2160 g/mol. The van der Waals surface area contributed by atoms with Crippen molar-refractivity contribution in [3.05, 3.63) is 296 Å². The SMILES string of the molecule is C.C.Cc1ccc(C=NC2CCCCC2N=Cc2ccc(O)cc2O)c(O)c1.Cc1ccc(C=Nc2cc(C(=O)O)ccc2N=Cc2ccc(O)cc2O)c(O)c1.Cl.O.O.O.O.O.O.O=C(O)c1ccc(N=Cc2ccc(O)cc2O)c(N=Cc2ccc(O)cc2O)c1.Oc1ccc(C=NC2CCCCC2N=Cc2ccc(O)cc2O)c(O)c1.Oc1ccc(C=NCCN=Cc2ccc(O)cc2O)c(O)c1.[Co].[Co].[Co].[Zn].[Zn]. The molecule has 3 radical (unpaired) electrons. The van der Waals surface area contributed by atoms with Crippen molar-refractivity contribution in [2.24, 2.45) is 49.9 Å². The zero-order chi connectivity index (χ0) is 94.9. The van der Waals surface area contributed by atoms with Gasteiger partial charge in [-0.2, -0.15) is 0 Å². The minimum absolute atomic E-state index is 0. The molecule has 32 N–H and O–H groups in total. The van der Waals surface area contributed by atoms with E-state index in [1.807, 2.05) is 32.0 Å². The van der Waals surface area contributed by atoms with Gasteiger partial charge in [0.2, 0.25) is 0 Å². The zero-order valence-electron chi connectivity index (χ0n) is 77.0. The van der Waals surface area contributed by atoms with Gasteiger partial charge in [0.1, 0.15) is 103 Å². The average Bonchev–Trinajstić information content (AvgIpc) is 0.833. The fourth-order valence-electron chi connectivity index (χ4n) is 13.0. The van der Waals surface area contributed by atoms with Gasteiger partial charge in [0.25, 0.3) is 0 Å². The van der Waals surface area contributed by atoms with E-state index in [9.17, 15) is 102 Å². The van der Waals surface area contributed by atoms with Crippen molar-refractivity contribution in [3.8, 4) is 103 Å². The first-order valence-electron chi connectivity index (χ1n) is 41.1. The molecule has 12 aromatic rings. The topological polar surface area (TPSA) is 751 Å². The van der Waals surface area contributed by atoms with Gasteiger partial charge in [-0.3, -0.25) is 49.9 Å². The number of carboxylic acid groups (broad SMARTS) is 2. The molecule has 2 aliphatic carbocycles. The number of aliphatic imine (C=N–C) groups is 10. The van der Waals surface area contributed by atoms with Crippen molar-refractivity contribution in [1.82, 2.24) is 0 Å². The number of halogens is 1. The summed E-state index contributed by atoms with van der Waals surface area (Å²) < 4.78 is 0. The molecule has 44 heteroatoms. The number of aryl methyl sites for hydroxylation is 2. The summed E-state index contributed by atoms with van der Waals surface area (Å²) in [4.78, 5) is 66.3. The van der Waals surface area contributed by atoms with E-state index in [0.29, 0.717) is 80.1 Å². The van der Waals surface area contributed by atoms with Gasteiger partial charge in [0.15, 0.2) is 0 Å². The smallest absolute Gasteiger partial charge is 0.335 e. The molecule has 14 rings (SSSR count). The Morgan fingerprint density at radius 3 is 0.623 bits per heavy atom. The van der Waals surface area contributed by atoms with E-state index in [4.69, 9.17) is 10.2 Å². The third kappa shape index (κ3) is 44.0. The maximum absolute atomic E-state index is 11.3. The zero-order valence-corrected chi connectivity index (χ0v) is 86.9. The predicted molar refractivity (Wildman–Crippen MR) is 549 cm³/mol. The number of rotatable bonds is 23. The monoisotopic (exact) mass is 2270 g/mol. The Kier molecular flexibility index (Phi) is 66.6. The Morgan fingerprint density at radius 1 is 0.253 bits per heavy atom. The molecule has 0 spiro atoms. The summed E-state index contributed by atoms with van der Waals surface area (Å²) >= 11 is 0. The van der Waals surface area contributed by atoms with Gasteiger partial charge in [-0.15, -0.1) is 12.4 Å². The summed E-state index contributed by atoms with van der Waals surface area (Å²) in [6.07, 6.45) is 23.1. The molecule has 0 aliphatic heterocycles. The Morgan fingerprint density at radius 2 is 0.432 bits per heavy atom. The first-order valence-corrected chi connectivity index (χ1v) is 41.1. The van der Waals surface area contributed by atoms with Crippen LogP contribution in [0.4, 0.5) is 22.7 Å². The number of phenolic OH excluding ortho intramolecular Hbond substituents is 18. The van der Waals surface area contributed by atoms with Crippen molar-refractivity contribution in [2.45, 2.75) is 104 Å². The fourth-order valence-corrected chi connectivity index (χ4v) is 13.0. The summed E-state index contributed by atoms with van der Waals surface area (Å²) in [5, 5.41) is 191. The number of carboxylic acids is 2. The van der Waals surface area contributed by atoms with Crippen LogP contribution in [-0.2, 0) is 89.3 Å². The maximum Gasteiger partial charge on any atom is 0.335 e. The Labute approximate surface area is 903 Å². The standard InChI is InChI=1S/C22H18N2O5.C21H16N2O6.C21H24N2O3.C20H22N2O4.C16H16N2O4.2CH4.ClH.3Co.6H2O.2Zn/c1-13-2-3-15(20(26)8-13)12-24-19-9-14(22(28)29)5-7-18(19)23-11-16-4-6-17(25)10-21(16)27;24-15-4-1-13(19(26)8-15)10-22-17-6-3-12(21(28)29)7-18(17)23-11-14-2-5-16(25)9-20(14)27;1-14-6-7-15(20(25)10-14)12-22-18-4-2-3-5-19(18)23-13-16-8-9-17(24)11-21(16)26;23-15-7-5-13(19(25)9-15)11-21-17-3-1-2-4-18(17)22-12-14-6-8-16(24)10-20(14)26;19-13-3-1-11(15(21)7-13)9-17-5-6-18-10-12-2-4-14(20)8-16(12)22;;;;;;;;;;;;;;/h2-12,25-27H,1H3,(H,28,29);1-11,24-27H,(H,28,29);6-13,18-19,24-26H,2-5H2,1H3;5-12,17-18,23-26H,1-4H2;1-4,7-10,19-22H,5-6H2;2*1H4;1H;;;;6*1H2;;. The van der Waals surface area contributed by atoms with Crippen LogP contribution >= 0.6 is 12.4 Å². The van der Waals surface area contributed by atoms with Gasteiger partial charge in [-0.05, 0) is 208 Å². The van der Waals surface area contributed by atoms with Gasteiger partial charge in [0.05, 0.1) is 71.1 Å². The molecule has 781 valence electrons. The summed E-state index contributed by atoms with van der Waals surface area (Å²) in [7, 11) is 0. The number of benzene rings is 12. The van der Waals surface area contributed by atoms with E-state index in [0.717, 1.165) is 68.6 Å². The number of aromatic hydroxyl groups is 18. The molecule has 38 nitrogen and oxygen atoms in total. The van der Waals surface area contributed by atoms with Gasteiger partial charge < -0.3 is 135 Å². The number of hydrogen-bond acceptors (Lipinski definition) is 30. The van der Waals surface area contributed by atoms with Crippen molar-refractivity contribution in [2.75, 3.05) is 13.1 Å². The fraction of sp³-hybridized carbons (Fsp3) is 0.176. The molecule has 0 saturated heterocycles. The summed E-state index contributed by atoms with van der Waals surface area (Å²) in [6, 6.07) is 53.1. The van der Waals surface area contributed by atoms with E-state index in [1.165, 1.54) is 183 Å². The minimum Gasteiger partial charge on any atom is -0.508 e. The van der Waals surface area contributed by atoms with Gasteiger partial charge in [-0.25, -0.2) is 9.59 Å². The predicted octanol–water partition coefficient (Wildman–Crippen LogP) is 14.1. The van der Waals surface area contributed by atoms with Crippen molar-refractivity contribution < 1.29 is 234 Å². The van der Waals surface area contributed by atoms with Crippen LogP contribution in [-0.4, -0.2) is 246 Å². The second-order valence-electron chi connectivity index (χ2n) is 30.1. The largest absolute Gasteiger partial charge is 0.508 e. The van der Waals surface area contributed by atoms with E-state index in [-0.39, 0.29) is 300 Å². The van der Waals surface area contributed by atoms with Crippen LogP contribution in [0.5, 0.6) is 103 Å². The normalized spacial score (nSPS) is 13.6. The van der Waals surface area contributed by atoms with Crippen LogP contribution in [0, 0.1) is 13.8 Å². The van der Waals surface area contributed by atoms with Crippen LogP contribution in [0.1, 0.15) is 154 Å². The number of hydrogen-bond donors (Lipinski definition) is 20. The van der Waals surface area contributed by atoms with Crippen LogP contribution in [0.25, 0.3) is 0 Å². The average molecular weight is 2270 g/mol. The number of aromatic carboxylic acids is 2. The second-order valence-corrected chi connectivity index (χ2v) is 30.1. The molecule has 4 atom stereocenters. The van der Waals surface area contributed by atoms with Crippen molar-refractivity contribution in [3.63, 3.8) is 0 Å². The van der Waals surface area contributed by atoms with Crippen LogP contribution in [0.15, 0.2) is 268 Å². The van der Waals surface area contributed by atoms with Crippen LogP contribution < -0.4 is 0 Å². The molecule has 146 heavy (non-hydrogen) atoms. The quantitative estimate of drug-likeness (QED) is 0.0161. The third-order valence-electron chi connectivity index (χ3n) is 20.1. The molecule has 0 bridgehead atoms. The molecule has 12 aromatic carbocycles. The molecule has 2 aliphatic rings. The number of carbonyl (C=O) groups is 2.